The summed E-state index contributed by atoms with van der Waals surface area (Å²) in [5.74, 6) is 0.957. The van der Waals surface area contributed by atoms with Crippen molar-refractivity contribution in [1.29, 1.82) is 0 Å². The first-order valence-electron chi connectivity index (χ1n) is 8.61. The summed E-state index contributed by atoms with van der Waals surface area (Å²) >= 11 is 1.47. The molecule has 8 heteroatoms. The molecule has 138 valence electrons. The van der Waals surface area contributed by atoms with Crippen LogP contribution >= 0.6 is 11.3 Å². The van der Waals surface area contributed by atoms with Crippen molar-refractivity contribution in [1.82, 2.24) is 19.5 Å². The van der Waals surface area contributed by atoms with Gasteiger partial charge in [-0.15, -0.1) is 0 Å². The highest BCUT2D eigenvalue weighted by Crippen LogP contribution is 2.40. The predicted octanol–water partition coefficient (Wildman–Crippen LogP) is 2.70. The Bertz CT molecular complexity index is 882. The van der Waals surface area contributed by atoms with E-state index in [1.165, 1.54) is 22.2 Å². The monoisotopic (exact) mass is 374 g/mol. The van der Waals surface area contributed by atoms with Crippen molar-refractivity contribution in [2.75, 3.05) is 20.2 Å². The highest BCUT2D eigenvalue weighted by atomic mass is 32.1. The molecule has 0 bridgehead atoms. The minimum Gasteiger partial charge on any atom is -0.497 e. The lowest BCUT2D eigenvalue weighted by atomic mass is 10.0. The number of morpholine rings is 1. The van der Waals surface area contributed by atoms with E-state index in [2.05, 4.69) is 28.8 Å². The zero-order chi connectivity index (χ0) is 18.3. The van der Waals surface area contributed by atoms with Gasteiger partial charge in [0.2, 0.25) is 10.8 Å². The molecule has 0 spiro atoms. The number of aromatic nitrogens is 3. The first kappa shape index (κ1) is 17.3. The third-order valence-corrected chi connectivity index (χ3v) is 5.72. The summed E-state index contributed by atoms with van der Waals surface area (Å²) in [4.78, 5) is 8.10. The molecule has 4 rings (SSSR count). The lowest BCUT2D eigenvalue weighted by Crippen LogP contribution is -2.47. The summed E-state index contributed by atoms with van der Waals surface area (Å²) in [7, 11) is 1.66. The normalized spacial score (nSPS) is 22.6. The number of methoxy groups -OCH3 is 1. The van der Waals surface area contributed by atoms with Gasteiger partial charge in [0.1, 0.15) is 12.1 Å². The van der Waals surface area contributed by atoms with Crippen LogP contribution in [0, 0.1) is 0 Å². The minimum atomic E-state index is -0.0943. The summed E-state index contributed by atoms with van der Waals surface area (Å²) in [5, 5.41) is 14.9. The Balaban J connectivity index is 1.80. The zero-order valence-electron chi connectivity index (χ0n) is 15.0. The van der Waals surface area contributed by atoms with Gasteiger partial charge in [0.05, 0.1) is 30.2 Å². The molecule has 0 radical (unpaired) electrons. The molecule has 3 aromatic rings. The van der Waals surface area contributed by atoms with Gasteiger partial charge in [-0.2, -0.15) is 9.61 Å². The second kappa shape index (κ2) is 6.86. The topological polar surface area (TPSA) is 72.1 Å². The fourth-order valence-corrected chi connectivity index (χ4v) is 4.71. The molecule has 1 aromatic carbocycles. The van der Waals surface area contributed by atoms with Crippen molar-refractivity contribution >= 4 is 16.3 Å². The van der Waals surface area contributed by atoms with E-state index in [4.69, 9.17) is 9.47 Å². The maximum atomic E-state index is 10.8. The SMILES string of the molecule is COc1ccc([C@@H](c2sc3ncnn3c2O)N2C[C@H](C)O[C@@H](C)C2)cc1. The van der Waals surface area contributed by atoms with Crippen LogP contribution in [0.4, 0.5) is 0 Å². The third-order valence-electron chi connectivity index (χ3n) is 4.63. The number of fused-ring (bicyclic) bond motifs is 1. The van der Waals surface area contributed by atoms with Crippen molar-refractivity contribution in [3.05, 3.63) is 41.0 Å². The zero-order valence-corrected chi connectivity index (χ0v) is 15.8. The number of thiazole rings is 1. The maximum Gasteiger partial charge on any atom is 0.230 e. The molecule has 1 aliphatic heterocycles. The van der Waals surface area contributed by atoms with Gasteiger partial charge in [-0.25, -0.2) is 4.98 Å². The van der Waals surface area contributed by atoms with Crippen LogP contribution in [0.2, 0.25) is 0 Å². The summed E-state index contributed by atoms with van der Waals surface area (Å²) in [6, 6.07) is 7.89. The molecule has 26 heavy (non-hydrogen) atoms. The summed E-state index contributed by atoms with van der Waals surface area (Å²) in [5.41, 5.74) is 1.09. The van der Waals surface area contributed by atoms with Crippen LogP contribution in [0.5, 0.6) is 11.6 Å². The molecule has 1 fully saturated rings. The standard InChI is InChI=1S/C18H22N4O3S/c1-11-8-21(9-12(2)25-11)15(13-4-6-14(24-3)7-5-13)16-17(23)22-18(26-16)19-10-20-22/h4-7,10-12,15,23H,8-9H2,1-3H3/t11-,12-,15-/m0/s1. The molecule has 0 unspecified atom stereocenters. The average Bonchev–Trinajstić information content (AvgIpc) is 3.19. The smallest absolute Gasteiger partial charge is 0.230 e. The first-order valence-corrected chi connectivity index (χ1v) is 9.43. The van der Waals surface area contributed by atoms with Crippen molar-refractivity contribution in [2.24, 2.45) is 0 Å². The Morgan fingerprint density at radius 3 is 2.54 bits per heavy atom. The lowest BCUT2D eigenvalue weighted by Gasteiger charge is -2.40. The number of aromatic hydroxyl groups is 1. The van der Waals surface area contributed by atoms with Crippen molar-refractivity contribution < 1.29 is 14.6 Å². The lowest BCUT2D eigenvalue weighted by molar-refractivity contribution is -0.0764. The highest BCUT2D eigenvalue weighted by molar-refractivity contribution is 7.17. The Labute approximate surface area is 155 Å². The van der Waals surface area contributed by atoms with Crippen LogP contribution in [-0.4, -0.2) is 57.0 Å². The number of nitrogens with zero attached hydrogens (tertiary/aromatic N) is 4. The second-order valence-electron chi connectivity index (χ2n) is 6.63. The maximum absolute atomic E-state index is 10.8. The van der Waals surface area contributed by atoms with Gasteiger partial charge < -0.3 is 14.6 Å². The molecule has 2 aromatic heterocycles. The molecule has 0 amide bonds. The fourth-order valence-electron chi connectivity index (χ4n) is 3.61. The van der Waals surface area contributed by atoms with Crippen LogP contribution in [-0.2, 0) is 4.74 Å². The van der Waals surface area contributed by atoms with E-state index in [0.717, 1.165) is 29.3 Å². The molecule has 1 aliphatic rings. The van der Waals surface area contributed by atoms with Crippen LogP contribution in [0.25, 0.3) is 4.96 Å². The van der Waals surface area contributed by atoms with E-state index in [1.54, 1.807) is 7.11 Å². The fraction of sp³-hybridized carbons (Fsp3) is 0.444. The Morgan fingerprint density at radius 1 is 1.23 bits per heavy atom. The summed E-state index contributed by atoms with van der Waals surface area (Å²) in [6.45, 7) is 5.73. The molecule has 3 atom stereocenters. The van der Waals surface area contributed by atoms with E-state index in [9.17, 15) is 5.11 Å². The van der Waals surface area contributed by atoms with Crippen molar-refractivity contribution in [2.45, 2.75) is 32.1 Å². The average molecular weight is 374 g/mol. The molecule has 7 nitrogen and oxygen atoms in total. The van der Waals surface area contributed by atoms with Gasteiger partial charge in [-0.3, -0.25) is 4.90 Å². The van der Waals surface area contributed by atoms with Gasteiger partial charge >= 0.3 is 0 Å². The molecule has 3 heterocycles. The molecular formula is C18H22N4O3S. The highest BCUT2D eigenvalue weighted by Gasteiger charge is 2.33. The third kappa shape index (κ3) is 3.04. The van der Waals surface area contributed by atoms with Gasteiger partial charge in [-0.05, 0) is 31.5 Å². The van der Waals surface area contributed by atoms with E-state index < -0.39 is 0 Å². The number of rotatable bonds is 4. The number of benzene rings is 1. The Morgan fingerprint density at radius 2 is 1.92 bits per heavy atom. The van der Waals surface area contributed by atoms with E-state index in [-0.39, 0.29) is 24.1 Å². The molecule has 0 saturated carbocycles. The van der Waals surface area contributed by atoms with Gasteiger partial charge in [-0.1, -0.05) is 23.5 Å². The van der Waals surface area contributed by atoms with Gasteiger partial charge in [0.15, 0.2) is 0 Å². The summed E-state index contributed by atoms with van der Waals surface area (Å²) in [6.07, 6.45) is 1.71. The predicted molar refractivity (Wildman–Crippen MR) is 98.9 cm³/mol. The number of ether oxygens (including phenoxy) is 2. The van der Waals surface area contributed by atoms with Crippen molar-refractivity contribution in [3.8, 4) is 11.6 Å². The second-order valence-corrected chi connectivity index (χ2v) is 7.64. The van der Waals surface area contributed by atoms with Gasteiger partial charge in [0, 0.05) is 13.1 Å². The summed E-state index contributed by atoms with van der Waals surface area (Å²) < 4.78 is 12.7. The quantitative estimate of drug-likeness (QED) is 0.757. The number of hydrogen-bond acceptors (Lipinski definition) is 7. The van der Waals surface area contributed by atoms with Gasteiger partial charge in [0.25, 0.3) is 0 Å². The Hall–Kier alpha value is -2.16. The largest absolute Gasteiger partial charge is 0.497 e. The van der Waals surface area contributed by atoms with E-state index in [0.29, 0.717) is 4.96 Å². The van der Waals surface area contributed by atoms with Crippen LogP contribution in [0.1, 0.15) is 30.3 Å². The minimum absolute atomic E-state index is 0.0943. The van der Waals surface area contributed by atoms with E-state index >= 15 is 0 Å². The van der Waals surface area contributed by atoms with Crippen LogP contribution in [0.15, 0.2) is 30.6 Å². The van der Waals surface area contributed by atoms with Crippen LogP contribution in [0.3, 0.4) is 0 Å². The van der Waals surface area contributed by atoms with E-state index in [1.807, 2.05) is 24.3 Å². The molecule has 1 N–H and O–H groups in total. The molecule has 1 saturated heterocycles. The Kier molecular flexibility index (Phi) is 4.56. The molecule has 0 aliphatic carbocycles. The molecular weight excluding hydrogens is 352 g/mol. The van der Waals surface area contributed by atoms with Crippen molar-refractivity contribution in [3.63, 3.8) is 0 Å². The van der Waals surface area contributed by atoms with Crippen LogP contribution < -0.4 is 4.74 Å². The first-order chi connectivity index (χ1) is 12.6. The number of hydrogen-bond donors (Lipinski definition) is 1.